The summed E-state index contributed by atoms with van der Waals surface area (Å²) < 4.78 is 0. The van der Waals surface area contributed by atoms with Crippen LogP contribution in [0.5, 0.6) is 0 Å². The van der Waals surface area contributed by atoms with Gasteiger partial charge in [-0.25, -0.2) is 9.97 Å². The van der Waals surface area contributed by atoms with Gasteiger partial charge in [0.15, 0.2) is 11.0 Å². The Balaban J connectivity index is 1.45. The maximum absolute atomic E-state index is 12.4. The van der Waals surface area contributed by atoms with E-state index in [2.05, 4.69) is 53.3 Å². The summed E-state index contributed by atoms with van der Waals surface area (Å²) >= 11 is 2.98. The van der Waals surface area contributed by atoms with Crippen LogP contribution in [0.4, 0.5) is 10.8 Å². The zero-order chi connectivity index (χ0) is 22.7. The van der Waals surface area contributed by atoms with Crippen LogP contribution in [0.25, 0.3) is 11.4 Å². The molecule has 0 saturated carbocycles. The average molecular weight is 464 g/mol. The standard InChI is InChI=1S/C24H25N5OS2/c1-5-18-7-9-19(10-8-18)22-26-23(28-27-22)31-13-20-14-32-24(25-20)29(17(4)30)21-11-6-15(2)16(3)12-21/h6-12,14H,5,13H2,1-4H3,(H,26,27,28). The molecular formula is C24H25N5OS2. The van der Waals surface area contributed by atoms with Crippen molar-refractivity contribution in [2.45, 2.75) is 45.0 Å². The molecule has 1 amide bonds. The number of carbonyl (C=O) groups is 1. The Labute approximate surface area is 196 Å². The van der Waals surface area contributed by atoms with Crippen molar-refractivity contribution in [3.05, 3.63) is 70.2 Å². The minimum absolute atomic E-state index is 0.0606. The number of aromatic nitrogens is 4. The second kappa shape index (κ2) is 9.67. The largest absolute Gasteiger partial charge is 0.274 e. The number of amides is 1. The molecule has 0 aliphatic heterocycles. The molecule has 2 aromatic heterocycles. The maximum atomic E-state index is 12.4. The van der Waals surface area contributed by atoms with E-state index in [1.807, 2.05) is 30.5 Å². The van der Waals surface area contributed by atoms with Crippen molar-refractivity contribution in [1.82, 2.24) is 20.2 Å². The molecule has 1 N–H and O–H groups in total. The lowest BCUT2D eigenvalue weighted by atomic mass is 10.1. The normalized spacial score (nSPS) is 11.0. The first-order valence-corrected chi connectivity index (χ1v) is 12.3. The lowest BCUT2D eigenvalue weighted by Gasteiger charge is -2.19. The van der Waals surface area contributed by atoms with Crippen molar-refractivity contribution < 1.29 is 4.79 Å². The van der Waals surface area contributed by atoms with Gasteiger partial charge in [0.1, 0.15) is 0 Å². The van der Waals surface area contributed by atoms with Gasteiger partial charge in [-0.1, -0.05) is 49.0 Å². The van der Waals surface area contributed by atoms with Crippen LogP contribution in [0.2, 0.25) is 0 Å². The number of H-pyrrole nitrogens is 1. The Hall–Kier alpha value is -2.97. The number of aryl methyl sites for hydroxylation is 3. The third-order valence-electron chi connectivity index (χ3n) is 5.24. The zero-order valence-electron chi connectivity index (χ0n) is 18.5. The number of anilines is 2. The number of carbonyl (C=O) groups excluding carboxylic acids is 1. The van der Waals surface area contributed by atoms with Crippen LogP contribution in [-0.4, -0.2) is 26.1 Å². The molecule has 4 aromatic rings. The van der Waals surface area contributed by atoms with Crippen molar-refractivity contribution >= 4 is 39.8 Å². The first-order chi connectivity index (χ1) is 15.4. The van der Waals surface area contributed by atoms with Crippen molar-refractivity contribution in [2.24, 2.45) is 0 Å². The van der Waals surface area contributed by atoms with E-state index in [9.17, 15) is 4.79 Å². The quantitative estimate of drug-likeness (QED) is 0.336. The van der Waals surface area contributed by atoms with E-state index in [0.717, 1.165) is 34.8 Å². The number of aromatic amines is 1. The molecule has 8 heteroatoms. The van der Waals surface area contributed by atoms with Crippen molar-refractivity contribution in [3.63, 3.8) is 0 Å². The van der Waals surface area contributed by atoms with Crippen LogP contribution in [0.3, 0.4) is 0 Å². The van der Waals surface area contributed by atoms with Gasteiger partial charge in [0, 0.05) is 23.6 Å². The van der Waals surface area contributed by atoms with Gasteiger partial charge in [-0.15, -0.1) is 16.4 Å². The molecular weight excluding hydrogens is 438 g/mol. The van der Waals surface area contributed by atoms with Crippen LogP contribution in [-0.2, 0) is 17.0 Å². The number of hydrogen-bond donors (Lipinski definition) is 1. The molecule has 0 saturated heterocycles. The molecule has 6 nitrogen and oxygen atoms in total. The number of benzene rings is 2. The van der Waals surface area contributed by atoms with Gasteiger partial charge in [-0.3, -0.25) is 14.8 Å². The predicted octanol–water partition coefficient (Wildman–Crippen LogP) is 6.08. The summed E-state index contributed by atoms with van der Waals surface area (Å²) in [5.41, 5.74) is 6.38. The molecule has 32 heavy (non-hydrogen) atoms. The fraction of sp³-hybridized carbons (Fsp3) is 0.250. The molecule has 0 unspecified atom stereocenters. The second-order valence-corrected chi connectivity index (χ2v) is 9.33. The smallest absolute Gasteiger partial charge is 0.230 e. The first kappa shape index (κ1) is 22.2. The Morgan fingerprint density at radius 1 is 1.09 bits per heavy atom. The highest BCUT2D eigenvalue weighted by molar-refractivity contribution is 7.98. The van der Waals surface area contributed by atoms with E-state index in [1.54, 1.807) is 11.8 Å². The fourth-order valence-electron chi connectivity index (χ4n) is 3.23. The SMILES string of the molecule is CCc1ccc(-c2nc(SCc3csc(N(C(C)=O)c4ccc(C)c(C)c4)n3)n[nH]2)cc1. The molecule has 0 bridgehead atoms. The highest BCUT2D eigenvalue weighted by atomic mass is 32.2. The molecule has 4 rings (SSSR count). The molecule has 2 aromatic carbocycles. The second-order valence-electron chi connectivity index (χ2n) is 7.55. The molecule has 0 spiro atoms. The lowest BCUT2D eigenvalue weighted by molar-refractivity contribution is -0.115. The summed E-state index contributed by atoms with van der Waals surface area (Å²) in [6.07, 6.45) is 1.01. The minimum atomic E-state index is -0.0606. The van der Waals surface area contributed by atoms with Crippen LogP contribution < -0.4 is 4.90 Å². The maximum Gasteiger partial charge on any atom is 0.230 e. The van der Waals surface area contributed by atoms with E-state index < -0.39 is 0 Å². The van der Waals surface area contributed by atoms with Crippen LogP contribution in [0.15, 0.2) is 53.0 Å². The Morgan fingerprint density at radius 2 is 1.88 bits per heavy atom. The van der Waals surface area contributed by atoms with Crippen LogP contribution >= 0.6 is 23.1 Å². The van der Waals surface area contributed by atoms with Crippen LogP contribution in [0, 0.1) is 13.8 Å². The van der Waals surface area contributed by atoms with Gasteiger partial charge in [0.05, 0.1) is 11.4 Å². The zero-order valence-corrected chi connectivity index (χ0v) is 20.2. The molecule has 164 valence electrons. The monoisotopic (exact) mass is 463 g/mol. The summed E-state index contributed by atoms with van der Waals surface area (Å²) in [5.74, 6) is 1.32. The van der Waals surface area contributed by atoms with Gasteiger partial charge in [0.2, 0.25) is 11.1 Å². The van der Waals surface area contributed by atoms with E-state index in [4.69, 9.17) is 4.98 Å². The van der Waals surface area contributed by atoms with Gasteiger partial charge >= 0.3 is 0 Å². The highest BCUT2D eigenvalue weighted by Crippen LogP contribution is 2.32. The molecule has 2 heterocycles. The van der Waals surface area contributed by atoms with Gasteiger partial charge in [-0.05, 0) is 49.1 Å². The van der Waals surface area contributed by atoms with E-state index in [-0.39, 0.29) is 5.91 Å². The molecule has 0 radical (unpaired) electrons. The highest BCUT2D eigenvalue weighted by Gasteiger charge is 2.19. The molecule has 0 fully saturated rings. The van der Waals surface area contributed by atoms with Crippen molar-refractivity contribution in [2.75, 3.05) is 4.90 Å². The van der Waals surface area contributed by atoms with Gasteiger partial charge in [0.25, 0.3) is 0 Å². The molecule has 0 atom stereocenters. The summed E-state index contributed by atoms with van der Waals surface area (Å²) in [7, 11) is 0. The summed E-state index contributed by atoms with van der Waals surface area (Å²) in [4.78, 5) is 23.3. The average Bonchev–Trinajstić information content (AvgIpc) is 3.45. The lowest BCUT2D eigenvalue weighted by Crippen LogP contribution is -2.22. The number of rotatable bonds is 7. The number of hydrogen-bond acceptors (Lipinski definition) is 6. The number of nitrogens with zero attached hydrogens (tertiary/aromatic N) is 4. The third-order valence-corrected chi connectivity index (χ3v) is 7.00. The predicted molar refractivity (Wildman–Crippen MR) is 132 cm³/mol. The Kier molecular flexibility index (Phi) is 6.72. The fourth-order valence-corrected chi connectivity index (χ4v) is 4.92. The number of nitrogens with one attached hydrogen (secondary N) is 1. The molecule has 0 aliphatic rings. The Morgan fingerprint density at radius 3 is 2.56 bits per heavy atom. The number of thioether (sulfide) groups is 1. The van der Waals surface area contributed by atoms with E-state index in [1.165, 1.54) is 34.2 Å². The van der Waals surface area contributed by atoms with Gasteiger partial charge in [-0.2, -0.15) is 0 Å². The van der Waals surface area contributed by atoms with Crippen molar-refractivity contribution in [1.29, 1.82) is 0 Å². The first-order valence-electron chi connectivity index (χ1n) is 10.4. The van der Waals surface area contributed by atoms with E-state index >= 15 is 0 Å². The minimum Gasteiger partial charge on any atom is -0.274 e. The van der Waals surface area contributed by atoms with E-state index in [0.29, 0.717) is 16.0 Å². The van der Waals surface area contributed by atoms with Crippen LogP contribution in [0.1, 0.15) is 36.2 Å². The molecule has 0 aliphatic carbocycles. The Bertz CT molecular complexity index is 1230. The topological polar surface area (TPSA) is 74.8 Å². The third kappa shape index (κ3) is 4.92. The summed E-state index contributed by atoms with van der Waals surface area (Å²) in [5, 5.41) is 10.7. The van der Waals surface area contributed by atoms with Crippen molar-refractivity contribution in [3.8, 4) is 11.4 Å². The summed E-state index contributed by atoms with van der Waals surface area (Å²) in [6, 6.07) is 14.3. The van der Waals surface area contributed by atoms with Gasteiger partial charge < -0.3 is 0 Å². The summed E-state index contributed by atoms with van der Waals surface area (Å²) in [6.45, 7) is 7.81. The number of thiazole rings is 1.